The number of nitrogens with two attached hydrogens (primary N) is 1. The van der Waals surface area contributed by atoms with Crippen LogP contribution >= 0.6 is 11.6 Å². The van der Waals surface area contributed by atoms with E-state index in [1.54, 1.807) is 6.92 Å². The zero-order valence-electron chi connectivity index (χ0n) is 8.11. The van der Waals surface area contributed by atoms with Crippen molar-refractivity contribution in [1.29, 1.82) is 0 Å². The number of hydrogen-bond acceptors (Lipinski definition) is 1. The van der Waals surface area contributed by atoms with Crippen molar-refractivity contribution in [3.05, 3.63) is 34.3 Å². The summed E-state index contributed by atoms with van der Waals surface area (Å²) < 4.78 is 37.0. The van der Waals surface area contributed by atoms with E-state index in [0.29, 0.717) is 12.0 Å². The molecule has 0 amide bonds. The average Bonchev–Trinajstić information content (AvgIpc) is 1.99. The summed E-state index contributed by atoms with van der Waals surface area (Å²) >= 11 is 5.54. The van der Waals surface area contributed by atoms with Crippen molar-refractivity contribution in [2.24, 2.45) is 5.73 Å². The summed E-state index contributed by atoms with van der Waals surface area (Å²) in [4.78, 5) is 0. The minimum Gasteiger partial charge on any atom is -0.328 e. The van der Waals surface area contributed by atoms with Gasteiger partial charge in [-0.1, -0.05) is 17.7 Å². The zero-order chi connectivity index (χ0) is 11.6. The van der Waals surface area contributed by atoms with E-state index < -0.39 is 11.7 Å². The predicted octanol–water partition coefficient (Wildman–Crippen LogP) is 3.25. The Hall–Kier alpha value is -0.740. The smallest absolute Gasteiger partial charge is 0.328 e. The van der Waals surface area contributed by atoms with Gasteiger partial charge in [0.15, 0.2) is 0 Å². The second-order valence-electron chi connectivity index (χ2n) is 3.49. The molecule has 5 heteroatoms. The zero-order valence-corrected chi connectivity index (χ0v) is 8.86. The molecule has 0 fully saturated rings. The van der Waals surface area contributed by atoms with Crippen LogP contribution in [0.25, 0.3) is 0 Å². The minimum atomic E-state index is -4.40. The van der Waals surface area contributed by atoms with E-state index in [0.717, 1.165) is 6.07 Å². The monoisotopic (exact) mass is 237 g/mol. The van der Waals surface area contributed by atoms with Gasteiger partial charge in [0, 0.05) is 6.04 Å². The van der Waals surface area contributed by atoms with Crippen molar-refractivity contribution in [1.82, 2.24) is 0 Å². The Balaban J connectivity index is 2.99. The van der Waals surface area contributed by atoms with Crippen LogP contribution in [0, 0.1) is 0 Å². The second-order valence-corrected chi connectivity index (χ2v) is 3.90. The number of hydrogen-bond donors (Lipinski definition) is 1. The van der Waals surface area contributed by atoms with Crippen LogP contribution < -0.4 is 5.73 Å². The SMILES string of the molecule is C[C@H](N)Cc1ccc(C(F)(F)F)c(Cl)c1. The van der Waals surface area contributed by atoms with Gasteiger partial charge in [0.2, 0.25) is 0 Å². The van der Waals surface area contributed by atoms with E-state index in [4.69, 9.17) is 17.3 Å². The van der Waals surface area contributed by atoms with Gasteiger partial charge < -0.3 is 5.73 Å². The molecule has 0 heterocycles. The number of halogens is 4. The van der Waals surface area contributed by atoms with Gasteiger partial charge in [-0.15, -0.1) is 0 Å². The molecule has 84 valence electrons. The Morgan fingerprint density at radius 2 is 2.00 bits per heavy atom. The van der Waals surface area contributed by atoms with E-state index in [9.17, 15) is 13.2 Å². The summed E-state index contributed by atoms with van der Waals surface area (Å²) in [5, 5.41) is -0.277. The Morgan fingerprint density at radius 1 is 1.40 bits per heavy atom. The van der Waals surface area contributed by atoms with Crippen molar-refractivity contribution in [3.8, 4) is 0 Å². The lowest BCUT2D eigenvalue weighted by Crippen LogP contribution is -2.18. The first-order valence-corrected chi connectivity index (χ1v) is 4.79. The molecule has 0 unspecified atom stereocenters. The van der Waals surface area contributed by atoms with Crippen LogP contribution in [0.3, 0.4) is 0 Å². The van der Waals surface area contributed by atoms with E-state index in [-0.39, 0.29) is 11.1 Å². The molecular weight excluding hydrogens is 227 g/mol. The third kappa shape index (κ3) is 3.39. The fraction of sp³-hybridized carbons (Fsp3) is 0.400. The van der Waals surface area contributed by atoms with Crippen molar-refractivity contribution in [2.45, 2.75) is 25.6 Å². The van der Waals surface area contributed by atoms with Gasteiger partial charge >= 0.3 is 6.18 Å². The standard InChI is InChI=1S/C10H11ClF3N/c1-6(15)4-7-2-3-8(9(11)5-7)10(12,13)14/h2-3,5-6H,4,15H2,1H3/t6-/m0/s1. The molecule has 0 aromatic heterocycles. The molecule has 0 aliphatic rings. The predicted molar refractivity (Wildman–Crippen MR) is 53.8 cm³/mol. The van der Waals surface area contributed by atoms with E-state index >= 15 is 0 Å². The first-order valence-electron chi connectivity index (χ1n) is 4.42. The van der Waals surface area contributed by atoms with Crippen LogP contribution in [0.5, 0.6) is 0 Å². The summed E-state index contributed by atoms with van der Waals surface area (Å²) in [7, 11) is 0. The van der Waals surface area contributed by atoms with Crippen LogP contribution in [0.15, 0.2) is 18.2 Å². The van der Waals surface area contributed by atoms with Crippen LogP contribution in [0.1, 0.15) is 18.1 Å². The first kappa shape index (κ1) is 12.3. The van der Waals surface area contributed by atoms with E-state index in [1.807, 2.05) is 0 Å². The molecule has 0 spiro atoms. The molecule has 1 atom stereocenters. The summed E-state index contributed by atoms with van der Waals surface area (Å²) in [6.45, 7) is 1.78. The number of benzene rings is 1. The highest BCUT2D eigenvalue weighted by Crippen LogP contribution is 2.34. The summed E-state index contributed by atoms with van der Waals surface area (Å²) in [5.74, 6) is 0. The van der Waals surface area contributed by atoms with Gasteiger partial charge in [0.1, 0.15) is 0 Å². The molecule has 0 radical (unpaired) electrons. The lowest BCUT2D eigenvalue weighted by molar-refractivity contribution is -0.137. The summed E-state index contributed by atoms with van der Waals surface area (Å²) in [6.07, 6.45) is -3.89. The molecule has 15 heavy (non-hydrogen) atoms. The molecule has 2 N–H and O–H groups in total. The maximum atomic E-state index is 12.3. The fourth-order valence-electron chi connectivity index (χ4n) is 1.29. The first-order chi connectivity index (χ1) is 6.80. The minimum absolute atomic E-state index is 0.0993. The average molecular weight is 238 g/mol. The third-order valence-electron chi connectivity index (χ3n) is 1.90. The quantitative estimate of drug-likeness (QED) is 0.840. The summed E-state index contributed by atoms with van der Waals surface area (Å²) in [5.41, 5.74) is 5.44. The van der Waals surface area contributed by atoms with E-state index in [1.165, 1.54) is 12.1 Å². The molecular formula is C10H11ClF3N. The van der Waals surface area contributed by atoms with Crippen molar-refractivity contribution < 1.29 is 13.2 Å². The highest BCUT2D eigenvalue weighted by molar-refractivity contribution is 6.31. The highest BCUT2D eigenvalue weighted by Gasteiger charge is 2.32. The molecule has 0 aliphatic heterocycles. The largest absolute Gasteiger partial charge is 0.417 e. The van der Waals surface area contributed by atoms with Gasteiger partial charge in [-0.05, 0) is 31.0 Å². The molecule has 1 rings (SSSR count). The lowest BCUT2D eigenvalue weighted by atomic mass is 10.1. The third-order valence-corrected chi connectivity index (χ3v) is 2.21. The molecule has 0 saturated carbocycles. The van der Waals surface area contributed by atoms with Crippen LogP contribution in [-0.4, -0.2) is 6.04 Å². The Morgan fingerprint density at radius 3 is 2.40 bits per heavy atom. The maximum absolute atomic E-state index is 12.3. The Kier molecular flexibility index (Phi) is 3.62. The number of rotatable bonds is 2. The second kappa shape index (κ2) is 4.41. The van der Waals surface area contributed by atoms with E-state index in [2.05, 4.69) is 0 Å². The molecule has 1 aromatic rings. The van der Waals surface area contributed by atoms with Gasteiger partial charge in [-0.2, -0.15) is 13.2 Å². The van der Waals surface area contributed by atoms with Gasteiger partial charge in [-0.25, -0.2) is 0 Å². The molecule has 0 aliphatic carbocycles. The molecule has 1 aromatic carbocycles. The molecule has 0 saturated heterocycles. The Labute approximate surface area is 91.0 Å². The summed E-state index contributed by atoms with van der Waals surface area (Å²) in [6, 6.07) is 3.60. The van der Waals surface area contributed by atoms with Crippen LogP contribution in [-0.2, 0) is 12.6 Å². The van der Waals surface area contributed by atoms with Gasteiger partial charge in [0.25, 0.3) is 0 Å². The highest BCUT2D eigenvalue weighted by atomic mass is 35.5. The normalized spacial score (nSPS) is 14.0. The molecule has 0 bridgehead atoms. The Bertz CT molecular complexity index is 347. The van der Waals surface area contributed by atoms with Crippen molar-refractivity contribution >= 4 is 11.6 Å². The van der Waals surface area contributed by atoms with Crippen LogP contribution in [0.2, 0.25) is 5.02 Å². The fourth-order valence-corrected chi connectivity index (χ4v) is 1.60. The van der Waals surface area contributed by atoms with Crippen molar-refractivity contribution in [2.75, 3.05) is 0 Å². The lowest BCUT2D eigenvalue weighted by Gasteiger charge is -2.11. The van der Waals surface area contributed by atoms with Crippen LogP contribution in [0.4, 0.5) is 13.2 Å². The van der Waals surface area contributed by atoms with Gasteiger partial charge in [-0.3, -0.25) is 0 Å². The van der Waals surface area contributed by atoms with Crippen molar-refractivity contribution in [3.63, 3.8) is 0 Å². The topological polar surface area (TPSA) is 26.0 Å². The molecule has 1 nitrogen and oxygen atoms in total. The van der Waals surface area contributed by atoms with Gasteiger partial charge in [0.05, 0.1) is 10.6 Å². The maximum Gasteiger partial charge on any atom is 0.417 e. The number of alkyl halides is 3.